The molecule has 26 heavy (non-hydrogen) atoms. The monoisotopic (exact) mass is 360 g/mol. The maximum Gasteiger partial charge on any atom is 0.334 e. The number of fused-ring (bicyclic) bond motifs is 1. The fourth-order valence-electron chi connectivity index (χ4n) is 3.12. The van der Waals surface area contributed by atoms with E-state index in [1.807, 2.05) is 0 Å². The van der Waals surface area contributed by atoms with Gasteiger partial charge in [-0.1, -0.05) is 18.2 Å². The lowest BCUT2D eigenvalue weighted by atomic mass is 9.83. The minimum Gasteiger partial charge on any atom is -0.458 e. The van der Waals surface area contributed by atoms with Gasteiger partial charge in [-0.3, -0.25) is 4.79 Å². The van der Waals surface area contributed by atoms with Crippen LogP contribution in [0, 0.1) is 5.92 Å². The van der Waals surface area contributed by atoms with Crippen molar-refractivity contribution >= 4 is 17.7 Å². The Balaban J connectivity index is 2.49. The highest BCUT2D eigenvalue weighted by Crippen LogP contribution is 2.37. The molecular formula is C20H24O6. The van der Waals surface area contributed by atoms with Gasteiger partial charge in [0, 0.05) is 17.6 Å². The summed E-state index contributed by atoms with van der Waals surface area (Å²) in [7, 11) is 0. The van der Waals surface area contributed by atoms with Gasteiger partial charge in [-0.05, 0) is 45.4 Å². The Bertz CT molecular complexity index is 739. The molecule has 0 unspecified atom stereocenters. The number of allylic oxidation sites excluding steroid dienone is 3. The number of hydrogen-bond acceptors (Lipinski definition) is 6. The van der Waals surface area contributed by atoms with E-state index < -0.39 is 36.2 Å². The van der Waals surface area contributed by atoms with Crippen LogP contribution in [0.2, 0.25) is 0 Å². The van der Waals surface area contributed by atoms with Gasteiger partial charge < -0.3 is 14.6 Å². The van der Waals surface area contributed by atoms with E-state index in [2.05, 4.69) is 6.58 Å². The molecule has 0 amide bonds. The summed E-state index contributed by atoms with van der Waals surface area (Å²) in [4.78, 5) is 36.4. The number of rotatable bonds is 2. The predicted molar refractivity (Wildman–Crippen MR) is 95.0 cm³/mol. The SMILES string of the molecule is C=C1C(=O)O[C@H]2[C@H]1[C@@H](OC(=O)/C(C)=C/C)C/C(C)=C/C(=O)/C=C(/C)[C@@H]2O. The second-order valence-corrected chi connectivity index (χ2v) is 6.77. The first-order chi connectivity index (χ1) is 12.1. The quantitative estimate of drug-likeness (QED) is 0.600. The first-order valence-electron chi connectivity index (χ1n) is 8.46. The zero-order valence-electron chi connectivity index (χ0n) is 15.4. The summed E-state index contributed by atoms with van der Waals surface area (Å²) < 4.78 is 10.9. The molecule has 0 aromatic rings. The smallest absolute Gasteiger partial charge is 0.334 e. The Morgan fingerprint density at radius 3 is 2.62 bits per heavy atom. The van der Waals surface area contributed by atoms with Gasteiger partial charge in [-0.15, -0.1) is 0 Å². The van der Waals surface area contributed by atoms with E-state index in [4.69, 9.17) is 9.47 Å². The van der Waals surface area contributed by atoms with Gasteiger partial charge in [0.1, 0.15) is 18.3 Å². The Morgan fingerprint density at radius 2 is 2.00 bits per heavy atom. The van der Waals surface area contributed by atoms with E-state index in [9.17, 15) is 19.5 Å². The van der Waals surface area contributed by atoms with Crippen molar-refractivity contribution in [1.82, 2.24) is 0 Å². The molecule has 1 heterocycles. The normalized spacial score (nSPS) is 34.2. The average Bonchev–Trinajstić information content (AvgIpc) is 2.86. The number of ether oxygens (including phenoxy) is 2. The molecule has 1 N–H and O–H groups in total. The maximum atomic E-state index is 12.3. The van der Waals surface area contributed by atoms with Crippen LogP contribution in [0.3, 0.4) is 0 Å². The van der Waals surface area contributed by atoms with Crippen LogP contribution in [0.5, 0.6) is 0 Å². The van der Waals surface area contributed by atoms with Crippen LogP contribution in [-0.2, 0) is 23.9 Å². The van der Waals surface area contributed by atoms with Crippen molar-refractivity contribution in [1.29, 1.82) is 0 Å². The summed E-state index contributed by atoms with van der Waals surface area (Å²) in [6.45, 7) is 10.4. The second kappa shape index (κ2) is 7.83. The molecule has 140 valence electrons. The van der Waals surface area contributed by atoms with Crippen LogP contribution in [0.1, 0.15) is 34.1 Å². The maximum absolute atomic E-state index is 12.3. The number of carbonyl (C=O) groups is 3. The van der Waals surface area contributed by atoms with E-state index in [1.54, 1.807) is 33.8 Å². The first-order valence-corrected chi connectivity index (χ1v) is 8.46. The van der Waals surface area contributed by atoms with E-state index in [0.717, 1.165) is 0 Å². The fourth-order valence-corrected chi connectivity index (χ4v) is 3.12. The van der Waals surface area contributed by atoms with E-state index in [1.165, 1.54) is 12.2 Å². The van der Waals surface area contributed by atoms with Crippen LogP contribution >= 0.6 is 0 Å². The van der Waals surface area contributed by atoms with Crippen molar-refractivity contribution < 1.29 is 29.0 Å². The number of carbonyl (C=O) groups excluding carboxylic acids is 3. The molecule has 0 aromatic carbocycles. The summed E-state index contributed by atoms with van der Waals surface area (Å²) in [5, 5.41) is 10.6. The summed E-state index contributed by atoms with van der Waals surface area (Å²) in [5.41, 5.74) is 1.63. The topological polar surface area (TPSA) is 89.9 Å². The summed E-state index contributed by atoms with van der Waals surface area (Å²) in [6, 6.07) is 0. The molecule has 1 aliphatic heterocycles. The van der Waals surface area contributed by atoms with Crippen LogP contribution in [0.4, 0.5) is 0 Å². The highest BCUT2D eigenvalue weighted by atomic mass is 16.6. The first kappa shape index (κ1) is 19.8. The third-order valence-corrected chi connectivity index (χ3v) is 4.74. The highest BCUT2D eigenvalue weighted by Gasteiger charge is 2.48. The van der Waals surface area contributed by atoms with Gasteiger partial charge in [0.05, 0.1) is 5.92 Å². The second-order valence-electron chi connectivity index (χ2n) is 6.77. The van der Waals surface area contributed by atoms with Crippen molar-refractivity contribution in [2.45, 2.75) is 52.4 Å². The number of esters is 2. The van der Waals surface area contributed by atoms with Crippen LogP contribution in [0.15, 0.2) is 47.1 Å². The van der Waals surface area contributed by atoms with Gasteiger partial charge in [0.15, 0.2) is 5.78 Å². The minimum absolute atomic E-state index is 0.150. The number of aliphatic hydroxyl groups excluding tert-OH is 1. The molecule has 0 bridgehead atoms. The third-order valence-electron chi connectivity index (χ3n) is 4.74. The molecule has 4 atom stereocenters. The predicted octanol–water partition coefficient (Wildman–Crippen LogP) is 2.19. The minimum atomic E-state index is -1.19. The third kappa shape index (κ3) is 4.02. The van der Waals surface area contributed by atoms with Crippen LogP contribution in [-0.4, -0.2) is 41.1 Å². The van der Waals surface area contributed by atoms with Crippen molar-refractivity contribution in [3.63, 3.8) is 0 Å². The van der Waals surface area contributed by atoms with E-state index in [0.29, 0.717) is 16.7 Å². The molecule has 1 fully saturated rings. The molecule has 0 spiro atoms. The lowest BCUT2D eigenvalue weighted by Crippen LogP contribution is -2.41. The van der Waals surface area contributed by atoms with Crippen molar-refractivity contribution in [2.75, 3.05) is 0 Å². The Morgan fingerprint density at radius 1 is 1.35 bits per heavy atom. The lowest BCUT2D eigenvalue weighted by molar-refractivity contribution is -0.150. The van der Waals surface area contributed by atoms with Crippen molar-refractivity contribution in [3.05, 3.63) is 47.1 Å². The van der Waals surface area contributed by atoms with Gasteiger partial charge >= 0.3 is 11.9 Å². The largest absolute Gasteiger partial charge is 0.458 e. The molecule has 6 heteroatoms. The molecular weight excluding hydrogens is 336 g/mol. The van der Waals surface area contributed by atoms with Gasteiger partial charge in [-0.25, -0.2) is 9.59 Å². The zero-order valence-corrected chi connectivity index (χ0v) is 15.4. The standard InChI is InChI=1S/C20H24O6/c1-6-11(3)19(23)25-15-8-10(2)7-14(21)9-12(4)17(22)18-16(15)13(5)20(24)26-18/h6-7,9,15-18,22H,5,8H2,1-4H3/b10-7+,11-6+,12-9-/t15-,16+,17-,18-/m0/s1. The molecule has 0 saturated carbocycles. The number of hydrogen-bond donors (Lipinski definition) is 1. The molecule has 1 saturated heterocycles. The summed E-state index contributed by atoms with van der Waals surface area (Å²) in [5.74, 6) is -2.15. The van der Waals surface area contributed by atoms with E-state index in [-0.39, 0.29) is 17.8 Å². The van der Waals surface area contributed by atoms with Crippen molar-refractivity contribution in [2.24, 2.45) is 5.92 Å². The highest BCUT2D eigenvalue weighted by molar-refractivity contribution is 6.00. The van der Waals surface area contributed by atoms with Gasteiger partial charge in [-0.2, -0.15) is 0 Å². The average molecular weight is 360 g/mol. The van der Waals surface area contributed by atoms with E-state index >= 15 is 0 Å². The van der Waals surface area contributed by atoms with Crippen LogP contribution < -0.4 is 0 Å². The lowest BCUT2D eigenvalue weighted by Gasteiger charge is -2.30. The van der Waals surface area contributed by atoms with Crippen molar-refractivity contribution in [3.8, 4) is 0 Å². The molecule has 2 rings (SSSR count). The molecule has 0 radical (unpaired) electrons. The Kier molecular flexibility index (Phi) is 5.97. The number of ketones is 1. The molecule has 0 aromatic heterocycles. The Labute approximate surface area is 152 Å². The Hall–Kier alpha value is -2.47. The van der Waals surface area contributed by atoms with Gasteiger partial charge in [0.2, 0.25) is 0 Å². The molecule has 1 aliphatic carbocycles. The zero-order chi connectivity index (χ0) is 19.6. The fraction of sp³-hybridized carbons (Fsp3) is 0.450. The molecule has 6 nitrogen and oxygen atoms in total. The summed E-state index contributed by atoms with van der Waals surface area (Å²) >= 11 is 0. The summed E-state index contributed by atoms with van der Waals surface area (Å²) in [6.07, 6.45) is 1.66. The molecule has 2 aliphatic rings. The number of aliphatic hydroxyl groups is 1. The van der Waals surface area contributed by atoms with Gasteiger partial charge in [0.25, 0.3) is 0 Å². The van der Waals surface area contributed by atoms with Crippen LogP contribution in [0.25, 0.3) is 0 Å².